The van der Waals surface area contributed by atoms with E-state index in [0.717, 1.165) is 27.2 Å². The van der Waals surface area contributed by atoms with Crippen molar-refractivity contribution in [1.29, 1.82) is 0 Å². The van der Waals surface area contributed by atoms with Crippen molar-refractivity contribution < 1.29 is 4.42 Å². The van der Waals surface area contributed by atoms with Crippen LogP contribution in [0, 0.1) is 6.92 Å². The Morgan fingerprint density at radius 3 is 2.46 bits per heavy atom. The first kappa shape index (κ1) is 14.8. The van der Waals surface area contributed by atoms with Crippen molar-refractivity contribution in [2.45, 2.75) is 11.8 Å². The molecule has 0 aliphatic carbocycles. The number of rotatable bonds is 4. The summed E-state index contributed by atoms with van der Waals surface area (Å²) in [7, 11) is 0. The summed E-state index contributed by atoms with van der Waals surface area (Å²) >= 11 is 1.58. The van der Waals surface area contributed by atoms with Gasteiger partial charge in [0.15, 0.2) is 5.58 Å². The lowest BCUT2D eigenvalue weighted by Crippen LogP contribution is -1.90. The Morgan fingerprint density at radius 2 is 1.62 bits per heavy atom. The minimum Gasteiger partial charge on any atom is -0.436 e. The predicted molar refractivity (Wildman–Crippen MR) is 100 cm³/mol. The maximum Gasteiger partial charge on any atom is 0.229 e. The van der Waals surface area contributed by atoms with Crippen LogP contribution in [0.3, 0.4) is 0 Å². The van der Waals surface area contributed by atoms with Gasteiger partial charge in [0.25, 0.3) is 0 Å². The van der Waals surface area contributed by atoms with Gasteiger partial charge >= 0.3 is 0 Å². The summed E-state index contributed by atoms with van der Waals surface area (Å²) in [6, 6.07) is 24.3. The van der Waals surface area contributed by atoms with Gasteiger partial charge in [-0.2, -0.15) is 0 Å². The zero-order chi connectivity index (χ0) is 16.4. The van der Waals surface area contributed by atoms with Crippen molar-refractivity contribution in [2.75, 3.05) is 4.72 Å². The number of aryl methyl sites for hydroxylation is 1. The fourth-order valence-corrected chi connectivity index (χ4v) is 3.14. The fraction of sp³-hybridized carbons (Fsp3) is 0.0500. The number of benzene rings is 3. The molecule has 118 valence electrons. The Bertz CT molecular complexity index is 943. The van der Waals surface area contributed by atoms with E-state index < -0.39 is 0 Å². The van der Waals surface area contributed by atoms with E-state index in [1.807, 2.05) is 48.5 Å². The van der Waals surface area contributed by atoms with Crippen LogP contribution in [0.15, 0.2) is 82.1 Å². The van der Waals surface area contributed by atoms with E-state index >= 15 is 0 Å². The maximum absolute atomic E-state index is 5.90. The van der Waals surface area contributed by atoms with Gasteiger partial charge in [0.2, 0.25) is 5.89 Å². The molecule has 1 heterocycles. The smallest absolute Gasteiger partial charge is 0.229 e. The minimum absolute atomic E-state index is 0.629. The maximum atomic E-state index is 5.90. The third-order valence-electron chi connectivity index (χ3n) is 3.75. The molecule has 0 amide bonds. The molecule has 0 saturated heterocycles. The molecule has 0 unspecified atom stereocenters. The number of anilines is 1. The standard InChI is InChI=1S/C20H16N2OS/c1-14-10-12-15(13-11-14)24-22-17-7-3-2-6-16(17)20-21-18-8-4-5-9-19(18)23-20/h2-13,22H,1H3. The molecule has 0 fully saturated rings. The van der Waals surface area contributed by atoms with Crippen molar-refractivity contribution in [1.82, 2.24) is 4.98 Å². The highest BCUT2D eigenvalue weighted by molar-refractivity contribution is 8.00. The molecule has 0 atom stereocenters. The van der Waals surface area contributed by atoms with Crippen LogP contribution in [0.25, 0.3) is 22.6 Å². The quantitative estimate of drug-likeness (QED) is 0.471. The predicted octanol–water partition coefficient (Wildman–Crippen LogP) is 5.92. The molecular formula is C20H16N2OS. The van der Waals surface area contributed by atoms with Gasteiger partial charge in [0.05, 0.1) is 11.3 Å². The molecule has 3 nitrogen and oxygen atoms in total. The first-order valence-electron chi connectivity index (χ1n) is 7.74. The lowest BCUT2D eigenvalue weighted by atomic mass is 10.2. The monoisotopic (exact) mass is 332 g/mol. The molecule has 0 aliphatic heterocycles. The Morgan fingerprint density at radius 1 is 0.875 bits per heavy atom. The number of fused-ring (bicyclic) bond motifs is 1. The van der Waals surface area contributed by atoms with Crippen LogP contribution < -0.4 is 4.72 Å². The van der Waals surface area contributed by atoms with Crippen LogP contribution in [-0.4, -0.2) is 4.98 Å². The second-order valence-corrected chi connectivity index (χ2v) is 6.43. The second kappa shape index (κ2) is 6.42. The highest BCUT2D eigenvalue weighted by Crippen LogP contribution is 2.32. The average molecular weight is 332 g/mol. The van der Waals surface area contributed by atoms with Gasteiger partial charge in [0.1, 0.15) is 5.52 Å². The summed E-state index contributed by atoms with van der Waals surface area (Å²) in [5, 5.41) is 0. The van der Waals surface area contributed by atoms with Crippen LogP contribution in [0.4, 0.5) is 5.69 Å². The number of oxazole rings is 1. The summed E-state index contributed by atoms with van der Waals surface area (Å²) in [6.07, 6.45) is 0. The van der Waals surface area contributed by atoms with Gasteiger partial charge < -0.3 is 9.14 Å². The van der Waals surface area contributed by atoms with Gasteiger partial charge in [-0.25, -0.2) is 4.98 Å². The van der Waals surface area contributed by atoms with Gasteiger partial charge in [-0.3, -0.25) is 0 Å². The topological polar surface area (TPSA) is 38.1 Å². The zero-order valence-electron chi connectivity index (χ0n) is 13.2. The average Bonchev–Trinajstić information content (AvgIpc) is 3.05. The summed E-state index contributed by atoms with van der Waals surface area (Å²) in [5.41, 5.74) is 4.86. The summed E-state index contributed by atoms with van der Waals surface area (Å²) < 4.78 is 9.31. The van der Waals surface area contributed by atoms with Gasteiger partial charge in [-0.15, -0.1) is 0 Å². The Balaban J connectivity index is 1.63. The highest BCUT2D eigenvalue weighted by atomic mass is 32.2. The summed E-state index contributed by atoms with van der Waals surface area (Å²) in [5.74, 6) is 0.629. The first-order chi connectivity index (χ1) is 11.8. The molecule has 3 aromatic carbocycles. The molecule has 0 aliphatic rings. The van der Waals surface area contributed by atoms with E-state index in [4.69, 9.17) is 4.42 Å². The Kier molecular flexibility index (Phi) is 3.97. The molecule has 24 heavy (non-hydrogen) atoms. The molecule has 0 bridgehead atoms. The van der Waals surface area contributed by atoms with Gasteiger partial charge in [-0.05, 0) is 55.3 Å². The van der Waals surface area contributed by atoms with Crippen molar-refractivity contribution in [3.63, 3.8) is 0 Å². The van der Waals surface area contributed by atoms with Gasteiger partial charge in [-0.1, -0.05) is 42.0 Å². The highest BCUT2D eigenvalue weighted by Gasteiger charge is 2.12. The Hall–Kier alpha value is -2.72. The van der Waals surface area contributed by atoms with Crippen molar-refractivity contribution in [3.05, 3.63) is 78.4 Å². The number of nitrogens with one attached hydrogen (secondary N) is 1. The van der Waals surface area contributed by atoms with E-state index in [0.29, 0.717) is 5.89 Å². The van der Waals surface area contributed by atoms with Crippen LogP contribution in [0.2, 0.25) is 0 Å². The third-order valence-corrected chi connectivity index (χ3v) is 4.58. The van der Waals surface area contributed by atoms with E-state index in [9.17, 15) is 0 Å². The molecule has 4 heteroatoms. The molecular weight excluding hydrogens is 316 g/mol. The first-order valence-corrected chi connectivity index (χ1v) is 8.56. The molecule has 1 aromatic heterocycles. The van der Waals surface area contributed by atoms with E-state index in [-0.39, 0.29) is 0 Å². The number of hydrogen-bond acceptors (Lipinski definition) is 4. The molecule has 1 N–H and O–H groups in total. The normalized spacial score (nSPS) is 10.9. The van der Waals surface area contributed by atoms with Crippen LogP contribution in [0.1, 0.15) is 5.56 Å². The lowest BCUT2D eigenvalue weighted by molar-refractivity contribution is 0.620. The number of para-hydroxylation sites is 3. The van der Waals surface area contributed by atoms with E-state index in [1.54, 1.807) is 11.9 Å². The zero-order valence-corrected chi connectivity index (χ0v) is 14.0. The summed E-state index contributed by atoms with van der Waals surface area (Å²) in [4.78, 5) is 5.75. The number of aromatic nitrogens is 1. The number of nitrogens with zero attached hydrogens (tertiary/aromatic N) is 1. The lowest BCUT2D eigenvalue weighted by Gasteiger charge is -2.09. The SMILES string of the molecule is Cc1ccc(SNc2ccccc2-c2nc3ccccc3o2)cc1. The molecule has 0 radical (unpaired) electrons. The van der Waals surface area contributed by atoms with Crippen molar-refractivity contribution >= 4 is 28.7 Å². The van der Waals surface area contributed by atoms with Crippen molar-refractivity contribution in [3.8, 4) is 11.5 Å². The van der Waals surface area contributed by atoms with Crippen LogP contribution >= 0.6 is 11.9 Å². The van der Waals surface area contributed by atoms with E-state index in [1.165, 1.54) is 5.56 Å². The third kappa shape index (κ3) is 3.01. The fourth-order valence-electron chi connectivity index (χ4n) is 2.47. The molecule has 4 rings (SSSR count). The molecule has 0 spiro atoms. The van der Waals surface area contributed by atoms with Gasteiger partial charge in [0, 0.05) is 4.90 Å². The minimum atomic E-state index is 0.629. The Labute approximate surface area is 144 Å². The molecule has 4 aromatic rings. The van der Waals surface area contributed by atoms with Crippen molar-refractivity contribution in [2.24, 2.45) is 0 Å². The van der Waals surface area contributed by atoms with Crippen LogP contribution in [-0.2, 0) is 0 Å². The largest absolute Gasteiger partial charge is 0.436 e. The van der Waals surface area contributed by atoms with Crippen LogP contribution in [0.5, 0.6) is 0 Å². The number of hydrogen-bond donors (Lipinski definition) is 1. The van der Waals surface area contributed by atoms with E-state index in [2.05, 4.69) is 40.9 Å². The second-order valence-electron chi connectivity index (χ2n) is 5.55. The molecule has 0 saturated carbocycles. The summed E-state index contributed by atoms with van der Waals surface area (Å²) in [6.45, 7) is 2.09.